The van der Waals surface area contributed by atoms with Crippen LogP contribution in [0.4, 0.5) is 0 Å². The van der Waals surface area contributed by atoms with Crippen LogP contribution in [0.25, 0.3) is 0 Å². The molecule has 2 heterocycles. The highest BCUT2D eigenvalue weighted by molar-refractivity contribution is 7.89. The number of methoxy groups -OCH3 is 1. The molecule has 5 nitrogen and oxygen atoms in total. The Morgan fingerprint density at radius 3 is 2.56 bits per heavy atom. The van der Waals surface area contributed by atoms with E-state index >= 15 is 0 Å². The molecule has 0 amide bonds. The minimum absolute atomic E-state index is 0.153. The average molecular weight is 291 g/mol. The minimum Gasteiger partial charge on any atom is -0.381 e. The fraction of sp³-hybridized carbons (Fsp3) is 0.545. The fourth-order valence-corrected chi connectivity index (χ4v) is 3.50. The Morgan fingerprint density at radius 2 is 2.06 bits per heavy atom. The number of pyridine rings is 1. The van der Waals surface area contributed by atoms with Crippen molar-refractivity contribution >= 4 is 21.6 Å². The smallest absolute Gasteiger partial charge is 0.244 e. The summed E-state index contributed by atoms with van der Waals surface area (Å²) in [4.78, 5) is 3.99. The van der Waals surface area contributed by atoms with Crippen molar-refractivity contribution in [3.05, 3.63) is 23.5 Å². The molecule has 0 bridgehead atoms. The van der Waals surface area contributed by atoms with Crippen molar-refractivity contribution in [1.29, 1.82) is 0 Å². The molecule has 0 saturated carbocycles. The molecule has 0 spiro atoms. The molecule has 0 unspecified atom stereocenters. The predicted molar refractivity (Wildman–Crippen MR) is 68.0 cm³/mol. The lowest BCUT2D eigenvalue weighted by Crippen LogP contribution is -2.40. The number of sulfonamides is 1. The molecule has 1 aliphatic heterocycles. The SMILES string of the molecule is COC1CCN(S(=O)(=O)c2ccc(Cl)nc2)CC1. The lowest BCUT2D eigenvalue weighted by molar-refractivity contribution is 0.0604. The number of nitrogens with zero attached hydrogens (tertiary/aromatic N) is 2. The molecular formula is C11H15ClN2O3S. The first kappa shape index (κ1) is 13.7. The van der Waals surface area contributed by atoms with E-state index < -0.39 is 10.0 Å². The number of rotatable bonds is 3. The van der Waals surface area contributed by atoms with Gasteiger partial charge in [-0.2, -0.15) is 4.31 Å². The highest BCUT2D eigenvalue weighted by Crippen LogP contribution is 2.21. The minimum atomic E-state index is -3.45. The van der Waals surface area contributed by atoms with Crippen LogP contribution in [0, 0.1) is 0 Å². The molecule has 0 atom stereocenters. The average Bonchev–Trinajstić information content (AvgIpc) is 2.39. The Balaban J connectivity index is 2.15. The van der Waals surface area contributed by atoms with Crippen molar-refractivity contribution in [3.8, 4) is 0 Å². The number of hydrogen-bond acceptors (Lipinski definition) is 4. The number of ether oxygens (including phenoxy) is 1. The van der Waals surface area contributed by atoms with Crippen molar-refractivity contribution < 1.29 is 13.2 Å². The normalized spacial score (nSPS) is 19.0. The molecule has 1 fully saturated rings. The summed E-state index contributed by atoms with van der Waals surface area (Å²) in [5.41, 5.74) is 0. The van der Waals surface area contributed by atoms with Gasteiger partial charge in [-0.05, 0) is 25.0 Å². The maximum atomic E-state index is 12.3. The number of aromatic nitrogens is 1. The number of halogens is 1. The van der Waals surface area contributed by atoms with Crippen molar-refractivity contribution in [2.75, 3.05) is 20.2 Å². The van der Waals surface area contributed by atoms with Crippen LogP contribution in [-0.2, 0) is 14.8 Å². The zero-order chi connectivity index (χ0) is 13.2. The van der Waals surface area contributed by atoms with Gasteiger partial charge in [-0.25, -0.2) is 13.4 Å². The third kappa shape index (κ3) is 2.83. The van der Waals surface area contributed by atoms with Crippen LogP contribution in [0.1, 0.15) is 12.8 Å². The van der Waals surface area contributed by atoms with Gasteiger partial charge in [-0.1, -0.05) is 11.6 Å². The van der Waals surface area contributed by atoms with Crippen LogP contribution in [0.2, 0.25) is 5.15 Å². The molecule has 0 aromatic carbocycles. The molecular weight excluding hydrogens is 276 g/mol. The Bertz CT molecular complexity index is 496. The molecule has 1 aromatic heterocycles. The van der Waals surface area contributed by atoms with Crippen LogP contribution < -0.4 is 0 Å². The Hall–Kier alpha value is -0.690. The van der Waals surface area contributed by atoms with Gasteiger partial charge in [0.1, 0.15) is 10.0 Å². The van der Waals surface area contributed by atoms with Crippen molar-refractivity contribution in [2.24, 2.45) is 0 Å². The lowest BCUT2D eigenvalue weighted by Gasteiger charge is -2.30. The van der Waals surface area contributed by atoms with Gasteiger partial charge < -0.3 is 4.74 Å². The molecule has 1 aliphatic rings. The highest BCUT2D eigenvalue weighted by Gasteiger charge is 2.29. The van der Waals surface area contributed by atoms with E-state index in [2.05, 4.69) is 4.98 Å². The highest BCUT2D eigenvalue weighted by atomic mass is 35.5. The van der Waals surface area contributed by atoms with E-state index in [1.54, 1.807) is 7.11 Å². The summed E-state index contributed by atoms with van der Waals surface area (Å²) in [5, 5.41) is 0.284. The van der Waals surface area contributed by atoms with Crippen molar-refractivity contribution in [3.63, 3.8) is 0 Å². The van der Waals surface area contributed by atoms with Crippen molar-refractivity contribution in [2.45, 2.75) is 23.8 Å². The van der Waals surface area contributed by atoms with Crippen LogP contribution in [0.3, 0.4) is 0 Å². The largest absolute Gasteiger partial charge is 0.381 e. The van der Waals surface area contributed by atoms with Gasteiger partial charge in [-0.3, -0.25) is 0 Å². The maximum absolute atomic E-state index is 12.3. The molecule has 0 aliphatic carbocycles. The molecule has 100 valence electrons. The second-order valence-electron chi connectivity index (χ2n) is 4.16. The molecule has 2 rings (SSSR count). The van der Waals surface area contributed by atoms with Gasteiger partial charge >= 0.3 is 0 Å². The summed E-state index contributed by atoms with van der Waals surface area (Å²) < 4.78 is 31.3. The van der Waals surface area contributed by atoms with E-state index in [0.29, 0.717) is 13.1 Å². The Morgan fingerprint density at radius 1 is 1.39 bits per heavy atom. The third-order valence-corrected chi connectivity index (χ3v) is 5.18. The topological polar surface area (TPSA) is 59.5 Å². The summed E-state index contributed by atoms with van der Waals surface area (Å²) in [5.74, 6) is 0. The fourth-order valence-electron chi connectivity index (χ4n) is 1.97. The first-order chi connectivity index (χ1) is 8.54. The van der Waals surface area contributed by atoms with Gasteiger partial charge in [0.15, 0.2) is 0 Å². The Kier molecular flexibility index (Phi) is 4.21. The van der Waals surface area contributed by atoms with Crippen LogP contribution in [-0.4, -0.2) is 44.0 Å². The van der Waals surface area contributed by atoms with Gasteiger partial charge in [0, 0.05) is 26.4 Å². The number of piperidine rings is 1. The zero-order valence-electron chi connectivity index (χ0n) is 10.0. The summed E-state index contributed by atoms with van der Waals surface area (Å²) >= 11 is 5.65. The molecule has 7 heteroatoms. The van der Waals surface area contributed by atoms with Gasteiger partial charge in [0.25, 0.3) is 0 Å². The standard InChI is InChI=1S/C11H15ClN2O3S/c1-17-9-4-6-14(7-5-9)18(15,16)10-2-3-11(12)13-8-10/h2-3,8-9H,4-7H2,1H3. The lowest BCUT2D eigenvalue weighted by atomic mass is 10.1. The van der Waals surface area contributed by atoms with Crippen LogP contribution in [0.5, 0.6) is 0 Å². The molecule has 1 aromatic rings. The quantitative estimate of drug-likeness (QED) is 0.792. The maximum Gasteiger partial charge on any atom is 0.244 e. The molecule has 18 heavy (non-hydrogen) atoms. The van der Waals surface area contributed by atoms with Gasteiger partial charge in [-0.15, -0.1) is 0 Å². The van der Waals surface area contributed by atoms with E-state index in [-0.39, 0.29) is 16.2 Å². The van der Waals surface area contributed by atoms with E-state index in [1.165, 1.54) is 22.6 Å². The van der Waals surface area contributed by atoms with Gasteiger partial charge in [0.2, 0.25) is 10.0 Å². The molecule has 0 radical (unpaired) electrons. The predicted octanol–water partition coefficient (Wildman–Crippen LogP) is 1.53. The van der Waals surface area contributed by atoms with Gasteiger partial charge in [0.05, 0.1) is 6.10 Å². The summed E-state index contributed by atoms with van der Waals surface area (Å²) in [6, 6.07) is 2.96. The second-order valence-corrected chi connectivity index (χ2v) is 6.48. The second kappa shape index (κ2) is 5.52. The van der Waals surface area contributed by atoms with Crippen LogP contribution >= 0.6 is 11.6 Å². The van der Waals surface area contributed by atoms with Crippen LogP contribution in [0.15, 0.2) is 23.2 Å². The number of hydrogen-bond donors (Lipinski definition) is 0. The summed E-state index contributed by atoms with van der Waals surface area (Å²) in [7, 11) is -1.80. The van der Waals surface area contributed by atoms with E-state index in [4.69, 9.17) is 16.3 Å². The molecule has 1 saturated heterocycles. The Labute approximate surface area is 112 Å². The van der Waals surface area contributed by atoms with E-state index in [0.717, 1.165) is 12.8 Å². The zero-order valence-corrected chi connectivity index (χ0v) is 11.6. The third-order valence-electron chi connectivity index (χ3n) is 3.07. The first-order valence-corrected chi connectivity index (χ1v) is 7.50. The van der Waals surface area contributed by atoms with E-state index in [9.17, 15) is 8.42 Å². The van der Waals surface area contributed by atoms with E-state index in [1.807, 2.05) is 0 Å². The monoisotopic (exact) mass is 290 g/mol. The summed E-state index contributed by atoms with van der Waals surface area (Å²) in [6.07, 6.45) is 2.88. The first-order valence-electron chi connectivity index (χ1n) is 5.68. The molecule has 0 N–H and O–H groups in total. The summed E-state index contributed by atoms with van der Waals surface area (Å²) in [6.45, 7) is 0.951. The van der Waals surface area contributed by atoms with Crippen molar-refractivity contribution in [1.82, 2.24) is 9.29 Å².